The van der Waals surface area contributed by atoms with Crippen LogP contribution >= 0.6 is 15.9 Å². The van der Waals surface area contributed by atoms with E-state index in [0.29, 0.717) is 5.33 Å². The molecular formula is C12H12BrNO. The molecule has 2 rings (SSSR count). The molecule has 0 atom stereocenters. The summed E-state index contributed by atoms with van der Waals surface area (Å²) in [7, 11) is 0. The summed E-state index contributed by atoms with van der Waals surface area (Å²) in [6.45, 7) is 4.17. The number of benzene rings is 1. The van der Waals surface area contributed by atoms with Crippen LogP contribution in [-0.4, -0.2) is 5.16 Å². The van der Waals surface area contributed by atoms with Crippen LogP contribution in [0.25, 0.3) is 11.3 Å². The molecule has 0 unspecified atom stereocenters. The summed E-state index contributed by atoms with van der Waals surface area (Å²) in [5, 5.41) is 4.73. The van der Waals surface area contributed by atoms with Crippen LogP contribution in [0.15, 0.2) is 28.8 Å². The number of alkyl halides is 1. The zero-order chi connectivity index (χ0) is 10.8. The zero-order valence-corrected chi connectivity index (χ0v) is 10.3. The molecule has 1 heterocycles. The van der Waals surface area contributed by atoms with E-state index in [2.05, 4.69) is 53.1 Å². The lowest BCUT2D eigenvalue weighted by atomic mass is 10.1. The maximum absolute atomic E-state index is 5.15. The molecule has 0 fully saturated rings. The first-order chi connectivity index (χ1) is 7.19. The highest BCUT2D eigenvalue weighted by Gasteiger charge is 2.06. The van der Waals surface area contributed by atoms with Crippen LogP contribution in [0.2, 0.25) is 0 Å². The zero-order valence-electron chi connectivity index (χ0n) is 8.75. The minimum Gasteiger partial charge on any atom is -0.360 e. The predicted molar refractivity (Wildman–Crippen MR) is 64.0 cm³/mol. The molecule has 1 aromatic heterocycles. The highest BCUT2D eigenvalue weighted by Crippen LogP contribution is 2.22. The number of aromatic nitrogens is 1. The lowest BCUT2D eigenvalue weighted by molar-refractivity contribution is 0.398. The number of rotatable bonds is 2. The Labute approximate surface area is 97.4 Å². The van der Waals surface area contributed by atoms with E-state index >= 15 is 0 Å². The van der Waals surface area contributed by atoms with Crippen molar-refractivity contribution in [2.75, 3.05) is 0 Å². The summed E-state index contributed by atoms with van der Waals surface area (Å²) in [4.78, 5) is 0. The largest absolute Gasteiger partial charge is 0.360 e. The maximum atomic E-state index is 5.15. The van der Waals surface area contributed by atoms with E-state index in [1.165, 1.54) is 11.1 Å². The standard InChI is InChI=1S/C12H12BrNO/c1-8-3-9(2)5-10(4-8)12-6-11(7-13)15-14-12/h3-6H,7H2,1-2H3. The molecule has 1 aromatic carbocycles. The van der Waals surface area contributed by atoms with Crippen molar-refractivity contribution < 1.29 is 4.52 Å². The molecule has 2 aromatic rings. The van der Waals surface area contributed by atoms with Gasteiger partial charge in [0.2, 0.25) is 0 Å². The van der Waals surface area contributed by atoms with Crippen molar-refractivity contribution in [3.05, 3.63) is 41.2 Å². The van der Waals surface area contributed by atoms with Gasteiger partial charge in [-0.25, -0.2) is 0 Å². The van der Waals surface area contributed by atoms with Crippen molar-refractivity contribution in [1.29, 1.82) is 0 Å². The molecule has 0 saturated carbocycles. The van der Waals surface area contributed by atoms with Crippen LogP contribution in [0.3, 0.4) is 0 Å². The summed E-state index contributed by atoms with van der Waals surface area (Å²) >= 11 is 3.34. The topological polar surface area (TPSA) is 26.0 Å². The number of halogens is 1. The molecule has 0 bridgehead atoms. The summed E-state index contributed by atoms with van der Waals surface area (Å²) < 4.78 is 5.15. The van der Waals surface area contributed by atoms with Gasteiger partial charge in [0, 0.05) is 11.6 Å². The number of hydrogen-bond donors (Lipinski definition) is 0. The van der Waals surface area contributed by atoms with Crippen molar-refractivity contribution in [2.24, 2.45) is 0 Å². The summed E-state index contributed by atoms with van der Waals surface area (Å²) in [6, 6.07) is 8.34. The molecule has 15 heavy (non-hydrogen) atoms. The molecule has 0 aliphatic rings. The molecule has 0 spiro atoms. The predicted octanol–water partition coefficient (Wildman–Crippen LogP) is 3.85. The van der Waals surface area contributed by atoms with Gasteiger partial charge in [-0.3, -0.25) is 0 Å². The second kappa shape index (κ2) is 4.19. The number of hydrogen-bond acceptors (Lipinski definition) is 2. The van der Waals surface area contributed by atoms with Gasteiger partial charge in [-0.15, -0.1) is 0 Å². The molecule has 78 valence electrons. The lowest BCUT2D eigenvalue weighted by Crippen LogP contribution is -1.82. The van der Waals surface area contributed by atoms with Crippen molar-refractivity contribution in [1.82, 2.24) is 5.16 Å². The van der Waals surface area contributed by atoms with Gasteiger partial charge in [-0.1, -0.05) is 38.3 Å². The van der Waals surface area contributed by atoms with Crippen LogP contribution in [-0.2, 0) is 5.33 Å². The maximum Gasteiger partial charge on any atom is 0.147 e. The third-order valence-electron chi connectivity index (χ3n) is 2.21. The van der Waals surface area contributed by atoms with Crippen LogP contribution in [0.5, 0.6) is 0 Å². The SMILES string of the molecule is Cc1cc(C)cc(-c2cc(CBr)on2)c1. The number of nitrogens with zero attached hydrogens (tertiary/aromatic N) is 1. The van der Waals surface area contributed by atoms with Crippen LogP contribution in [0, 0.1) is 13.8 Å². The highest BCUT2D eigenvalue weighted by molar-refractivity contribution is 9.08. The average molecular weight is 266 g/mol. The lowest BCUT2D eigenvalue weighted by Gasteiger charge is -2.00. The summed E-state index contributed by atoms with van der Waals surface area (Å²) in [5.74, 6) is 0.851. The van der Waals surface area contributed by atoms with Crippen LogP contribution in [0.4, 0.5) is 0 Å². The molecule has 0 aliphatic carbocycles. The van der Waals surface area contributed by atoms with Gasteiger partial charge in [0.05, 0.1) is 5.33 Å². The fraction of sp³-hybridized carbons (Fsp3) is 0.250. The third kappa shape index (κ3) is 2.29. The van der Waals surface area contributed by atoms with E-state index < -0.39 is 0 Å². The Kier molecular flexibility index (Phi) is 2.91. The van der Waals surface area contributed by atoms with Crippen LogP contribution < -0.4 is 0 Å². The van der Waals surface area contributed by atoms with Crippen molar-refractivity contribution >= 4 is 15.9 Å². The molecule has 0 saturated heterocycles. The van der Waals surface area contributed by atoms with E-state index in [9.17, 15) is 0 Å². The first-order valence-electron chi connectivity index (χ1n) is 4.79. The Bertz CT molecular complexity index is 456. The number of aryl methyl sites for hydroxylation is 2. The highest BCUT2D eigenvalue weighted by atomic mass is 79.9. The summed E-state index contributed by atoms with van der Waals surface area (Å²) in [6.07, 6.45) is 0. The quantitative estimate of drug-likeness (QED) is 0.771. The van der Waals surface area contributed by atoms with Gasteiger partial charge in [0.25, 0.3) is 0 Å². The average Bonchev–Trinajstić information content (AvgIpc) is 2.64. The Morgan fingerprint density at radius 1 is 1.13 bits per heavy atom. The minimum absolute atomic E-state index is 0.699. The minimum atomic E-state index is 0.699. The molecule has 0 aliphatic heterocycles. The smallest absolute Gasteiger partial charge is 0.147 e. The molecular weight excluding hydrogens is 254 g/mol. The van der Waals surface area contributed by atoms with Crippen molar-refractivity contribution in [2.45, 2.75) is 19.2 Å². The van der Waals surface area contributed by atoms with E-state index in [1.807, 2.05) is 6.07 Å². The van der Waals surface area contributed by atoms with Gasteiger partial charge in [-0.2, -0.15) is 0 Å². The fourth-order valence-electron chi connectivity index (χ4n) is 1.63. The Morgan fingerprint density at radius 3 is 2.33 bits per heavy atom. The first-order valence-corrected chi connectivity index (χ1v) is 5.91. The van der Waals surface area contributed by atoms with Gasteiger partial charge >= 0.3 is 0 Å². The van der Waals surface area contributed by atoms with E-state index in [4.69, 9.17) is 4.52 Å². The molecule has 0 N–H and O–H groups in total. The fourth-order valence-corrected chi connectivity index (χ4v) is 1.90. The molecule has 0 radical (unpaired) electrons. The van der Waals surface area contributed by atoms with Crippen molar-refractivity contribution in [3.63, 3.8) is 0 Å². The Balaban J connectivity index is 2.44. The van der Waals surface area contributed by atoms with Gasteiger partial charge in [0.1, 0.15) is 11.5 Å². The molecule has 0 amide bonds. The Morgan fingerprint density at radius 2 is 1.80 bits per heavy atom. The third-order valence-corrected chi connectivity index (χ3v) is 2.76. The van der Waals surface area contributed by atoms with Gasteiger partial charge in [0.15, 0.2) is 0 Å². The Hall–Kier alpha value is -1.09. The van der Waals surface area contributed by atoms with Crippen LogP contribution in [0.1, 0.15) is 16.9 Å². The molecule has 3 heteroatoms. The van der Waals surface area contributed by atoms with E-state index in [1.54, 1.807) is 0 Å². The van der Waals surface area contributed by atoms with E-state index in [0.717, 1.165) is 17.0 Å². The second-order valence-electron chi connectivity index (χ2n) is 3.69. The van der Waals surface area contributed by atoms with Gasteiger partial charge < -0.3 is 4.52 Å². The monoisotopic (exact) mass is 265 g/mol. The van der Waals surface area contributed by atoms with Crippen molar-refractivity contribution in [3.8, 4) is 11.3 Å². The van der Waals surface area contributed by atoms with Gasteiger partial charge in [-0.05, 0) is 26.0 Å². The summed E-state index contributed by atoms with van der Waals surface area (Å²) in [5.41, 5.74) is 4.50. The normalized spacial score (nSPS) is 10.6. The second-order valence-corrected chi connectivity index (χ2v) is 4.25. The molecule has 2 nitrogen and oxygen atoms in total. The first kappa shape index (κ1) is 10.4. The van der Waals surface area contributed by atoms with E-state index in [-0.39, 0.29) is 0 Å².